The number of fused-ring (bicyclic) bond motifs is 5. The lowest BCUT2D eigenvalue weighted by atomic mass is 9.59. The molecule has 8 nitrogen and oxygen atoms in total. The van der Waals surface area contributed by atoms with Crippen molar-refractivity contribution >= 4 is 17.7 Å². The maximum absolute atomic E-state index is 13.2. The molecule has 8 heteroatoms. The van der Waals surface area contributed by atoms with E-state index in [1.165, 1.54) is 19.4 Å². The predicted octanol–water partition coefficient (Wildman–Crippen LogP) is 3.97. The van der Waals surface area contributed by atoms with Crippen molar-refractivity contribution in [1.82, 2.24) is 0 Å². The third-order valence-electron chi connectivity index (χ3n) is 10.2. The summed E-state index contributed by atoms with van der Waals surface area (Å²) in [6.07, 6.45) is 11.7. The Kier molecular flexibility index (Phi) is 8.31. The van der Waals surface area contributed by atoms with Gasteiger partial charge in [0, 0.05) is 48.5 Å². The third-order valence-corrected chi connectivity index (χ3v) is 10.2. The molecule has 0 bridgehead atoms. The lowest BCUT2D eigenvalue weighted by molar-refractivity contribution is -0.226. The molecule has 2 fully saturated rings. The molecule has 40 heavy (non-hydrogen) atoms. The lowest BCUT2D eigenvalue weighted by Gasteiger charge is -2.53. The van der Waals surface area contributed by atoms with Crippen molar-refractivity contribution < 1.29 is 39.2 Å². The van der Waals surface area contributed by atoms with Gasteiger partial charge in [0.2, 0.25) is 0 Å². The van der Waals surface area contributed by atoms with E-state index in [4.69, 9.17) is 9.47 Å². The van der Waals surface area contributed by atoms with Gasteiger partial charge in [0.15, 0.2) is 11.4 Å². The van der Waals surface area contributed by atoms with Crippen LogP contribution in [0.2, 0.25) is 0 Å². The molecule has 0 unspecified atom stereocenters. The number of Topliss-reactive ketones (excluding diaryl/α,β-unsaturated/α-hetero) is 1. The Hall–Kier alpha value is -2.29. The van der Waals surface area contributed by atoms with Crippen LogP contribution in [-0.4, -0.2) is 62.6 Å². The van der Waals surface area contributed by atoms with Crippen LogP contribution in [0.4, 0.5) is 0 Å². The number of allylic oxidation sites excluding steroid dienone is 1. The van der Waals surface area contributed by atoms with Gasteiger partial charge < -0.3 is 24.8 Å². The van der Waals surface area contributed by atoms with Gasteiger partial charge in [0.1, 0.15) is 11.7 Å². The van der Waals surface area contributed by atoms with Crippen LogP contribution < -0.4 is 0 Å². The quantitative estimate of drug-likeness (QED) is 0.159. The topological polar surface area (TPSA) is 130 Å². The zero-order valence-electron chi connectivity index (χ0n) is 24.7. The number of carbonyl (C=O) groups excluding carboxylic acids is 3. The van der Waals surface area contributed by atoms with E-state index in [1.54, 1.807) is 32.1 Å². The molecule has 0 aromatic rings. The number of esters is 2. The minimum absolute atomic E-state index is 0.120. The van der Waals surface area contributed by atoms with Gasteiger partial charge in [-0.15, -0.1) is 0 Å². The summed E-state index contributed by atoms with van der Waals surface area (Å²) in [4.78, 5) is 38.8. The van der Waals surface area contributed by atoms with Crippen LogP contribution in [-0.2, 0) is 23.9 Å². The van der Waals surface area contributed by atoms with Crippen molar-refractivity contribution in [3.05, 3.63) is 35.5 Å². The Morgan fingerprint density at radius 1 is 1.12 bits per heavy atom. The van der Waals surface area contributed by atoms with Gasteiger partial charge in [-0.3, -0.25) is 9.59 Å². The molecule has 3 N–H and O–H groups in total. The fraction of sp³-hybridized carbons (Fsp3) is 0.719. The van der Waals surface area contributed by atoms with Crippen molar-refractivity contribution in [3.8, 4) is 0 Å². The summed E-state index contributed by atoms with van der Waals surface area (Å²) in [7, 11) is 0. The van der Waals surface area contributed by atoms with Crippen molar-refractivity contribution in [2.75, 3.05) is 6.61 Å². The van der Waals surface area contributed by atoms with Gasteiger partial charge in [-0.2, -0.15) is 0 Å². The normalized spacial score (nSPS) is 39.4. The van der Waals surface area contributed by atoms with Gasteiger partial charge in [0.05, 0.1) is 12.2 Å². The first kappa shape index (κ1) is 30.7. The lowest BCUT2D eigenvalue weighted by Crippen LogP contribution is -2.66. The maximum Gasteiger partial charge on any atom is 0.330 e. The average Bonchev–Trinajstić information content (AvgIpc) is 3.31. The molecule has 0 radical (unpaired) electrons. The number of carbonyl (C=O) groups is 3. The summed E-state index contributed by atoms with van der Waals surface area (Å²) in [6, 6.07) is 0. The molecule has 4 rings (SSSR count). The molecule has 0 aromatic carbocycles. The highest BCUT2D eigenvalue weighted by Crippen LogP contribution is 2.77. The fourth-order valence-electron chi connectivity index (χ4n) is 8.27. The summed E-state index contributed by atoms with van der Waals surface area (Å²) in [5, 5.41) is 34.6. The molecule has 0 aromatic heterocycles. The number of ether oxygens (including phenoxy) is 2. The molecule has 0 heterocycles. The van der Waals surface area contributed by atoms with Crippen molar-refractivity contribution in [2.45, 2.75) is 109 Å². The van der Waals surface area contributed by atoms with Crippen LogP contribution in [0.5, 0.6) is 0 Å². The Balaban J connectivity index is 1.73. The summed E-state index contributed by atoms with van der Waals surface area (Å²) >= 11 is 0. The van der Waals surface area contributed by atoms with Gasteiger partial charge >= 0.3 is 11.9 Å². The van der Waals surface area contributed by atoms with Crippen LogP contribution in [0.15, 0.2) is 35.5 Å². The average molecular weight is 559 g/mol. The Morgan fingerprint density at radius 2 is 1.80 bits per heavy atom. The number of aliphatic hydroxyl groups excluding tert-OH is 1. The van der Waals surface area contributed by atoms with Crippen LogP contribution >= 0.6 is 0 Å². The van der Waals surface area contributed by atoms with Gasteiger partial charge in [0.25, 0.3) is 0 Å². The third kappa shape index (κ3) is 4.51. The Morgan fingerprint density at radius 3 is 2.42 bits per heavy atom. The first-order valence-corrected chi connectivity index (χ1v) is 14.8. The highest BCUT2D eigenvalue weighted by atomic mass is 16.6. The molecule has 4 aliphatic rings. The van der Waals surface area contributed by atoms with Crippen molar-refractivity contribution in [2.24, 2.45) is 29.1 Å². The zero-order chi connectivity index (χ0) is 29.7. The Bertz CT molecular complexity index is 1130. The second kappa shape index (κ2) is 10.8. The summed E-state index contributed by atoms with van der Waals surface area (Å²) in [5.41, 5.74) is -4.82. The van der Waals surface area contributed by atoms with E-state index >= 15 is 0 Å². The SMILES string of the molecule is CCCCCCC/C=C/C(=O)O[C@@H]1[C@@H](C)[C@@]2(O)[C@@H](C=C(CO)C[C@]3(O)C(=O)C(C)=C[C@@H]23)[C@@H]2C(C)(C)[C@]12OC(C)=O. The first-order valence-electron chi connectivity index (χ1n) is 14.8. The molecule has 0 saturated heterocycles. The second-order valence-electron chi connectivity index (χ2n) is 13.0. The molecular formula is C32H46O8. The largest absolute Gasteiger partial charge is 0.455 e. The predicted molar refractivity (Wildman–Crippen MR) is 149 cm³/mol. The molecule has 8 atom stereocenters. The summed E-state index contributed by atoms with van der Waals surface area (Å²) in [6.45, 7) is 10.2. The number of unbranched alkanes of at least 4 members (excludes halogenated alkanes) is 5. The minimum Gasteiger partial charge on any atom is -0.455 e. The van der Waals surface area contributed by atoms with Crippen LogP contribution in [0.25, 0.3) is 0 Å². The number of hydrogen-bond donors (Lipinski definition) is 3. The van der Waals surface area contributed by atoms with Crippen molar-refractivity contribution in [3.63, 3.8) is 0 Å². The van der Waals surface area contributed by atoms with E-state index in [2.05, 4.69) is 6.92 Å². The molecular weight excluding hydrogens is 512 g/mol. The van der Waals surface area contributed by atoms with Gasteiger partial charge in [-0.05, 0) is 30.9 Å². The highest BCUT2D eigenvalue weighted by Gasteiger charge is 2.87. The molecule has 0 aliphatic heterocycles. The van der Waals surface area contributed by atoms with E-state index in [0.29, 0.717) is 11.1 Å². The molecule has 0 amide bonds. The summed E-state index contributed by atoms with van der Waals surface area (Å²) in [5.74, 6) is -4.60. The van der Waals surface area contributed by atoms with Crippen LogP contribution in [0.1, 0.15) is 86.5 Å². The monoisotopic (exact) mass is 558 g/mol. The van der Waals surface area contributed by atoms with E-state index < -0.39 is 76.3 Å². The highest BCUT2D eigenvalue weighted by molar-refractivity contribution is 6.04. The van der Waals surface area contributed by atoms with Crippen LogP contribution in [0, 0.1) is 29.1 Å². The summed E-state index contributed by atoms with van der Waals surface area (Å²) < 4.78 is 12.1. The number of hydrogen-bond acceptors (Lipinski definition) is 8. The standard InChI is InChI=1S/C32H46O8/c1-7-8-9-10-11-12-13-14-25(35)39-28-20(3)31(38)23(26-29(5,6)32(26,28)40-21(4)34)16-22(18-33)17-30(37)24(31)15-19(2)27(30)36/h13-16,20,23-24,26,28,33,37-38H,7-12,17-18H2,1-6H3/b14-13+/t20-,23+,24-,26-,28-,30-,31-,32-/m1/s1. The second-order valence-corrected chi connectivity index (χ2v) is 13.0. The van der Waals surface area contributed by atoms with E-state index in [9.17, 15) is 29.7 Å². The smallest absolute Gasteiger partial charge is 0.330 e. The maximum atomic E-state index is 13.2. The Labute approximate surface area is 237 Å². The number of ketones is 1. The van der Waals surface area contributed by atoms with Gasteiger partial charge in [-0.1, -0.05) is 71.6 Å². The number of aliphatic hydroxyl groups is 3. The van der Waals surface area contributed by atoms with Gasteiger partial charge in [-0.25, -0.2) is 4.79 Å². The fourth-order valence-corrected chi connectivity index (χ4v) is 8.27. The van der Waals surface area contributed by atoms with Crippen molar-refractivity contribution in [1.29, 1.82) is 0 Å². The number of rotatable bonds is 10. The molecule has 222 valence electrons. The van der Waals surface area contributed by atoms with E-state index in [1.807, 2.05) is 13.8 Å². The van der Waals surface area contributed by atoms with E-state index in [0.717, 1.165) is 32.1 Å². The molecule has 0 spiro atoms. The first-order chi connectivity index (χ1) is 18.7. The van der Waals surface area contributed by atoms with Crippen LogP contribution in [0.3, 0.4) is 0 Å². The zero-order valence-corrected chi connectivity index (χ0v) is 24.7. The molecule has 2 saturated carbocycles. The molecule has 4 aliphatic carbocycles. The minimum atomic E-state index is -1.94. The van der Waals surface area contributed by atoms with E-state index in [-0.39, 0.29) is 6.42 Å².